The number of carbonyl (C=O) groups is 2. The summed E-state index contributed by atoms with van der Waals surface area (Å²) in [6.45, 7) is 1.77. The van der Waals surface area contributed by atoms with E-state index in [1.165, 1.54) is 22.3 Å². The summed E-state index contributed by atoms with van der Waals surface area (Å²) < 4.78 is 16.5. The van der Waals surface area contributed by atoms with Crippen LogP contribution in [-0.2, 0) is 9.47 Å². The van der Waals surface area contributed by atoms with E-state index in [-0.39, 0.29) is 12.5 Å². The molecule has 0 aromatic heterocycles. The van der Waals surface area contributed by atoms with E-state index < -0.39 is 6.09 Å². The number of alkyl carbamates (subject to hydrolysis) is 1. The lowest BCUT2D eigenvalue weighted by atomic mass is 9.98. The number of hydrogen-bond acceptors (Lipinski definition) is 5. The summed E-state index contributed by atoms with van der Waals surface area (Å²) in [6, 6.07) is 23.3. The van der Waals surface area contributed by atoms with Crippen molar-refractivity contribution in [3.05, 3.63) is 89.5 Å². The van der Waals surface area contributed by atoms with Crippen LogP contribution in [0, 0.1) is 0 Å². The monoisotopic (exact) mass is 431 g/mol. The summed E-state index contributed by atoms with van der Waals surface area (Å²) in [4.78, 5) is 22.7. The molecule has 1 N–H and O–H groups in total. The number of carbonyl (C=O) groups excluding carboxylic acids is 2. The summed E-state index contributed by atoms with van der Waals surface area (Å²) in [6.07, 6.45) is 0.332. The van der Waals surface area contributed by atoms with Crippen molar-refractivity contribution in [3.8, 4) is 16.9 Å². The van der Waals surface area contributed by atoms with E-state index in [2.05, 4.69) is 29.6 Å². The minimum atomic E-state index is -0.457. The highest BCUT2D eigenvalue weighted by molar-refractivity contribution is 5.79. The Hall–Kier alpha value is -3.64. The minimum Gasteiger partial charge on any atom is -0.491 e. The summed E-state index contributed by atoms with van der Waals surface area (Å²) in [7, 11) is 0. The third-order valence-corrected chi connectivity index (χ3v) is 5.37. The third-order valence-electron chi connectivity index (χ3n) is 5.37. The van der Waals surface area contributed by atoms with Crippen LogP contribution in [0.1, 0.15) is 27.4 Å². The van der Waals surface area contributed by atoms with E-state index in [9.17, 15) is 9.59 Å². The molecule has 0 radical (unpaired) electrons. The molecule has 0 heterocycles. The molecule has 0 saturated heterocycles. The van der Waals surface area contributed by atoms with E-state index in [1.54, 1.807) is 24.3 Å². The molecule has 1 amide bonds. The van der Waals surface area contributed by atoms with E-state index in [4.69, 9.17) is 14.2 Å². The summed E-state index contributed by atoms with van der Waals surface area (Å²) in [5.74, 6) is 0.720. The molecule has 6 nitrogen and oxygen atoms in total. The van der Waals surface area contributed by atoms with Gasteiger partial charge in [-0.3, -0.25) is 4.79 Å². The first-order valence-corrected chi connectivity index (χ1v) is 10.6. The molecule has 32 heavy (non-hydrogen) atoms. The molecule has 1 aliphatic carbocycles. The minimum absolute atomic E-state index is 0.0437. The first-order chi connectivity index (χ1) is 15.8. The average molecular weight is 431 g/mol. The Morgan fingerprint density at radius 3 is 2.16 bits per heavy atom. The Bertz CT molecular complexity index is 1020. The quantitative estimate of drug-likeness (QED) is 0.380. The van der Waals surface area contributed by atoms with Crippen molar-refractivity contribution in [1.29, 1.82) is 0 Å². The number of fused-ring (bicyclic) bond motifs is 3. The van der Waals surface area contributed by atoms with E-state index in [0.717, 1.165) is 6.29 Å². The predicted molar refractivity (Wildman–Crippen MR) is 121 cm³/mol. The van der Waals surface area contributed by atoms with Crippen molar-refractivity contribution in [1.82, 2.24) is 5.32 Å². The van der Waals surface area contributed by atoms with Gasteiger partial charge in [-0.2, -0.15) is 0 Å². The van der Waals surface area contributed by atoms with Gasteiger partial charge in [-0.25, -0.2) is 4.79 Å². The van der Waals surface area contributed by atoms with Gasteiger partial charge in [-0.1, -0.05) is 48.5 Å². The molecule has 164 valence electrons. The zero-order valence-corrected chi connectivity index (χ0v) is 17.7. The fraction of sp³-hybridized carbons (Fsp3) is 0.231. The molecular formula is C26H25NO5. The lowest BCUT2D eigenvalue weighted by molar-refractivity contribution is 0.0972. The Labute approximate surface area is 187 Å². The SMILES string of the molecule is O=Cc1ccc(OCCOCCNC(=O)OCC2c3ccccc3-c3ccccc32)cc1. The Kier molecular flexibility index (Phi) is 7.15. The van der Waals surface area contributed by atoms with Gasteiger partial charge in [-0.05, 0) is 46.5 Å². The van der Waals surface area contributed by atoms with Crippen molar-refractivity contribution in [2.75, 3.05) is 33.0 Å². The maximum absolute atomic E-state index is 12.1. The van der Waals surface area contributed by atoms with Gasteiger partial charge in [-0.15, -0.1) is 0 Å². The molecule has 0 spiro atoms. The van der Waals surface area contributed by atoms with Crippen LogP contribution >= 0.6 is 0 Å². The van der Waals surface area contributed by atoms with Gasteiger partial charge in [0.2, 0.25) is 0 Å². The van der Waals surface area contributed by atoms with Crippen LogP contribution in [0.25, 0.3) is 11.1 Å². The number of aldehydes is 1. The van der Waals surface area contributed by atoms with Gasteiger partial charge >= 0.3 is 6.09 Å². The lowest BCUT2D eigenvalue weighted by Gasteiger charge is -2.14. The van der Waals surface area contributed by atoms with E-state index in [1.807, 2.05) is 24.3 Å². The van der Waals surface area contributed by atoms with Gasteiger partial charge in [0.15, 0.2) is 0 Å². The molecule has 6 heteroatoms. The second kappa shape index (κ2) is 10.6. The highest BCUT2D eigenvalue weighted by Crippen LogP contribution is 2.44. The number of benzene rings is 3. The lowest BCUT2D eigenvalue weighted by Crippen LogP contribution is -2.29. The molecular weight excluding hydrogens is 406 g/mol. The van der Waals surface area contributed by atoms with Crippen molar-refractivity contribution >= 4 is 12.4 Å². The van der Waals surface area contributed by atoms with E-state index in [0.29, 0.717) is 37.7 Å². The highest BCUT2D eigenvalue weighted by atomic mass is 16.6. The number of amides is 1. The fourth-order valence-electron chi connectivity index (χ4n) is 3.84. The molecule has 0 saturated carbocycles. The zero-order chi connectivity index (χ0) is 22.2. The fourth-order valence-corrected chi connectivity index (χ4v) is 3.84. The van der Waals surface area contributed by atoms with Gasteiger partial charge in [0.1, 0.15) is 25.2 Å². The van der Waals surface area contributed by atoms with E-state index >= 15 is 0 Å². The molecule has 0 unspecified atom stereocenters. The van der Waals surface area contributed by atoms with Crippen LogP contribution in [0.2, 0.25) is 0 Å². The van der Waals surface area contributed by atoms with Crippen LogP contribution in [0.15, 0.2) is 72.8 Å². The molecule has 1 aliphatic rings. The first-order valence-electron chi connectivity index (χ1n) is 10.6. The van der Waals surface area contributed by atoms with Crippen LogP contribution in [0.5, 0.6) is 5.75 Å². The maximum atomic E-state index is 12.1. The predicted octanol–water partition coefficient (Wildman–Crippen LogP) is 4.43. The Morgan fingerprint density at radius 1 is 0.844 bits per heavy atom. The van der Waals surface area contributed by atoms with Gasteiger partial charge < -0.3 is 19.5 Å². The average Bonchev–Trinajstić information content (AvgIpc) is 3.16. The number of ether oxygens (including phenoxy) is 3. The molecule has 4 rings (SSSR count). The normalized spacial score (nSPS) is 12.0. The Balaban J connectivity index is 1.14. The molecule has 0 fully saturated rings. The summed E-state index contributed by atoms with van der Waals surface area (Å²) in [5, 5.41) is 2.72. The topological polar surface area (TPSA) is 73.9 Å². The van der Waals surface area contributed by atoms with Crippen molar-refractivity contribution in [2.45, 2.75) is 5.92 Å². The number of hydrogen-bond donors (Lipinski definition) is 1. The van der Waals surface area contributed by atoms with Gasteiger partial charge in [0, 0.05) is 18.0 Å². The highest BCUT2D eigenvalue weighted by Gasteiger charge is 2.28. The van der Waals surface area contributed by atoms with Crippen LogP contribution in [0.3, 0.4) is 0 Å². The summed E-state index contributed by atoms with van der Waals surface area (Å²) >= 11 is 0. The maximum Gasteiger partial charge on any atom is 0.407 e. The summed E-state index contributed by atoms with van der Waals surface area (Å²) in [5.41, 5.74) is 5.38. The molecule has 0 bridgehead atoms. The van der Waals surface area contributed by atoms with Crippen molar-refractivity contribution < 1.29 is 23.8 Å². The molecule has 3 aromatic rings. The van der Waals surface area contributed by atoms with Crippen molar-refractivity contribution in [3.63, 3.8) is 0 Å². The van der Waals surface area contributed by atoms with Gasteiger partial charge in [0.05, 0.1) is 13.2 Å². The second-order valence-electron chi connectivity index (χ2n) is 7.40. The second-order valence-corrected chi connectivity index (χ2v) is 7.40. The van der Waals surface area contributed by atoms with Crippen LogP contribution < -0.4 is 10.1 Å². The Morgan fingerprint density at radius 2 is 1.50 bits per heavy atom. The number of rotatable bonds is 10. The largest absolute Gasteiger partial charge is 0.491 e. The molecule has 0 aliphatic heterocycles. The molecule has 0 atom stereocenters. The van der Waals surface area contributed by atoms with Crippen LogP contribution in [0.4, 0.5) is 4.79 Å². The molecule has 3 aromatic carbocycles. The van der Waals surface area contributed by atoms with Gasteiger partial charge in [0.25, 0.3) is 0 Å². The van der Waals surface area contributed by atoms with Crippen LogP contribution in [-0.4, -0.2) is 45.4 Å². The first kappa shape index (κ1) is 21.6. The zero-order valence-electron chi connectivity index (χ0n) is 17.7. The third kappa shape index (κ3) is 5.15. The number of nitrogens with one attached hydrogen (secondary N) is 1. The van der Waals surface area contributed by atoms with Crippen molar-refractivity contribution in [2.24, 2.45) is 0 Å². The smallest absolute Gasteiger partial charge is 0.407 e. The standard InChI is InChI=1S/C26H25NO5/c28-17-19-9-11-20(12-10-19)31-16-15-30-14-13-27-26(29)32-18-25-23-7-3-1-5-21(23)22-6-2-4-8-24(22)25/h1-12,17,25H,13-16,18H2,(H,27,29).